The Morgan fingerprint density at radius 2 is 1.85 bits per heavy atom. The van der Waals surface area contributed by atoms with E-state index < -0.39 is 17.8 Å². The Bertz CT molecular complexity index is 1320. The summed E-state index contributed by atoms with van der Waals surface area (Å²) < 4.78 is 19.9. The Hall–Kier alpha value is -3.26. The smallest absolute Gasteiger partial charge is 0.348 e. The second-order valence-corrected chi connectivity index (χ2v) is 10.8. The highest BCUT2D eigenvalue weighted by atomic mass is 35.5. The van der Waals surface area contributed by atoms with Crippen LogP contribution in [-0.4, -0.2) is 33.6 Å². The van der Waals surface area contributed by atoms with Gasteiger partial charge in [-0.2, -0.15) is 4.98 Å². The molecule has 0 bridgehead atoms. The molecule has 0 radical (unpaired) electrons. The molecule has 1 amide bonds. The van der Waals surface area contributed by atoms with Gasteiger partial charge in [0.2, 0.25) is 5.91 Å². The summed E-state index contributed by atoms with van der Waals surface area (Å²) in [6.07, 6.45) is 7.03. The third kappa shape index (κ3) is 7.24. The molecule has 1 fully saturated rings. The van der Waals surface area contributed by atoms with Gasteiger partial charge in [-0.3, -0.25) is 9.78 Å². The van der Waals surface area contributed by atoms with Crippen LogP contribution in [0, 0.1) is 5.41 Å². The highest BCUT2D eigenvalue weighted by Gasteiger charge is 2.38. The molecular formula is C30H36ClFN4O3. The molecule has 208 valence electrons. The lowest BCUT2D eigenvalue weighted by molar-refractivity contribution is -0.133. The van der Waals surface area contributed by atoms with Crippen LogP contribution >= 0.6 is 11.6 Å². The fraction of sp³-hybridized carbons (Fsp3) is 0.467. The predicted octanol–water partition coefficient (Wildman–Crippen LogP) is 6.65. The summed E-state index contributed by atoms with van der Waals surface area (Å²) in [7, 11) is 0. The minimum Gasteiger partial charge on any atom is -0.491 e. The van der Waals surface area contributed by atoms with E-state index in [9.17, 15) is 14.0 Å². The largest absolute Gasteiger partial charge is 0.491 e. The van der Waals surface area contributed by atoms with E-state index in [2.05, 4.69) is 27.2 Å². The number of hydrogen-bond donors (Lipinski definition) is 2. The molecule has 1 aliphatic rings. The number of nitrogens with zero attached hydrogens (tertiary/aromatic N) is 2. The van der Waals surface area contributed by atoms with E-state index in [-0.39, 0.29) is 30.2 Å². The van der Waals surface area contributed by atoms with Crippen molar-refractivity contribution in [2.45, 2.75) is 77.9 Å². The number of ether oxygens (including phenoxy) is 1. The van der Waals surface area contributed by atoms with Gasteiger partial charge in [0, 0.05) is 17.7 Å². The lowest BCUT2D eigenvalue weighted by atomic mass is 9.80. The number of halogens is 2. The monoisotopic (exact) mass is 554 g/mol. The molecule has 2 N–H and O–H groups in total. The van der Waals surface area contributed by atoms with Gasteiger partial charge in [0.1, 0.15) is 18.2 Å². The van der Waals surface area contributed by atoms with Crippen molar-refractivity contribution in [3.05, 3.63) is 63.5 Å². The van der Waals surface area contributed by atoms with E-state index in [1.807, 2.05) is 31.2 Å². The molecule has 0 saturated heterocycles. The third-order valence-electron chi connectivity index (χ3n) is 7.33. The van der Waals surface area contributed by atoms with Gasteiger partial charge in [-0.25, -0.2) is 14.2 Å². The van der Waals surface area contributed by atoms with Crippen LogP contribution in [0.15, 0.2) is 47.3 Å². The number of hydrogen-bond acceptors (Lipinski definition) is 5. The average Bonchev–Trinajstić information content (AvgIpc) is 3.19. The Kier molecular flexibility index (Phi) is 9.73. The van der Waals surface area contributed by atoms with Crippen LogP contribution < -0.4 is 15.7 Å². The molecule has 2 aromatic carbocycles. The first kappa shape index (κ1) is 28.7. The molecule has 7 nitrogen and oxygen atoms in total. The SMILES string of the molecule is CCC[C@@H](C)Oc1ccc(-c2nc(-c3cc(CNC(=O)C4(CF)CCCCCC4)ccc3Cl)[nH]c(=O)n2)cc1. The second kappa shape index (κ2) is 13.2. The van der Waals surface area contributed by atoms with Crippen molar-refractivity contribution in [1.29, 1.82) is 0 Å². The fourth-order valence-corrected chi connectivity index (χ4v) is 5.29. The summed E-state index contributed by atoms with van der Waals surface area (Å²) >= 11 is 6.49. The van der Waals surface area contributed by atoms with Crippen LogP contribution in [0.2, 0.25) is 5.02 Å². The van der Waals surface area contributed by atoms with Crippen LogP contribution in [0.3, 0.4) is 0 Å². The van der Waals surface area contributed by atoms with Gasteiger partial charge in [-0.05, 0) is 68.1 Å². The second-order valence-electron chi connectivity index (χ2n) is 10.4. The van der Waals surface area contributed by atoms with E-state index in [0.717, 1.165) is 49.8 Å². The highest BCUT2D eigenvalue weighted by Crippen LogP contribution is 2.36. The molecular weight excluding hydrogens is 519 g/mol. The molecule has 0 unspecified atom stereocenters. The Labute approximate surface area is 233 Å². The number of amides is 1. The van der Waals surface area contributed by atoms with Crippen LogP contribution in [-0.2, 0) is 11.3 Å². The minimum atomic E-state index is -0.951. The zero-order valence-corrected chi connectivity index (χ0v) is 23.3. The molecule has 0 aliphatic heterocycles. The zero-order valence-electron chi connectivity index (χ0n) is 22.6. The maximum Gasteiger partial charge on any atom is 0.348 e. The topological polar surface area (TPSA) is 97.0 Å². The maximum atomic E-state index is 14.0. The highest BCUT2D eigenvalue weighted by molar-refractivity contribution is 6.33. The number of H-pyrrole nitrogens is 1. The van der Waals surface area contributed by atoms with Gasteiger partial charge < -0.3 is 10.1 Å². The summed E-state index contributed by atoms with van der Waals surface area (Å²) in [6.45, 7) is 3.71. The molecule has 1 aromatic heterocycles. The molecule has 0 spiro atoms. The van der Waals surface area contributed by atoms with Gasteiger partial charge in [0.05, 0.1) is 16.5 Å². The van der Waals surface area contributed by atoms with Gasteiger partial charge in [0.25, 0.3) is 0 Å². The van der Waals surface area contributed by atoms with Crippen molar-refractivity contribution >= 4 is 17.5 Å². The van der Waals surface area contributed by atoms with E-state index in [4.69, 9.17) is 16.3 Å². The van der Waals surface area contributed by atoms with Gasteiger partial charge in [-0.1, -0.05) is 56.7 Å². The van der Waals surface area contributed by atoms with Gasteiger partial charge in [-0.15, -0.1) is 0 Å². The van der Waals surface area contributed by atoms with E-state index in [1.165, 1.54) is 0 Å². The number of aromatic nitrogens is 3. The molecule has 1 heterocycles. The lowest BCUT2D eigenvalue weighted by Gasteiger charge is -2.28. The van der Waals surface area contributed by atoms with Crippen molar-refractivity contribution in [3.8, 4) is 28.5 Å². The number of benzene rings is 2. The average molecular weight is 555 g/mol. The molecule has 1 saturated carbocycles. The van der Waals surface area contributed by atoms with Crippen molar-refractivity contribution in [3.63, 3.8) is 0 Å². The third-order valence-corrected chi connectivity index (χ3v) is 7.66. The summed E-state index contributed by atoms with van der Waals surface area (Å²) in [5.74, 6) is 1.01. The molecule has 39 heavy (non-hydrogen) atoms. The van der Waals surface area contributed by atoms with Crippen LogP contribution in [0.4, 0.5) is 4.39 Å². The predicted molar refractivity (Wildman–Crippen MR) is 151 cm³/mol. The Morgan fingerprint density at radius 3 is 2.51 bits per heavy atom. The van der Waals surface area contributed by atoms with Crippen LogP contribution in [0.5, 0.6) is 5.75 Å². The van der Waals surface area contributed by atoms with Crippen LogP contribution in [0.25, 0.3) is 22.8 Å². The first-order valence-electron chi connectivity index (χ1n) is 13.7. The zero-order chi connectivity index (χ0) is 27.8. The van der Waals surface area contributed by atoms with Crippen LogP contribution in [0.1, 0.15) is 70.8 Å². The minimum absolute atomic E-state index is 0.108. The number of carbonyl (C=O) groups is 1. The van der Waals surface area contributed by atoms with E-state index in [0.29, 0.717) is 29.0 Å². The summed E-state index contributed by atoms with van der Waals surface area (Å²) in [6, 6.07) is 12.5. The number of nitrogens with one attached hydrogen (secondary N) is 2. The number of alkyl halides is 1. The van der Waals surface area contributed by atoms with Crippen molar-refractivity contribution in [2.24, 2.45) is 5.41 Å². The Balaban J connectivity index is 1.53. The number of aromatic amines is 1. The van der Waals surface area contributed by atoms with Crippen molar-refractivity contribution in [2.75, 3.05) is 6.67 Å². The molecule has 9 heteroatoms. The standard InChI is InChI=1S/C30H36ClFN4O3/c1-3-8-20(2)39-23-12-10-22(11-13-23)26-34-27(36-29(38)35-26)24-17-21(9-14-25(24)31)18-33-28(37)30(19-32)15-6-4-5-7-16-30/h9-14,17,20H,3-8,15-16,18-19H2,1-2H3,(H,33,37)(H,34,35,36,38)/t20-/m1/s1. The summed E-state index contributed by atoms with van der Waals surface area (Å²) in [5.41, 5.74) is 0.422. The first-order chi connectivity index (χ1) is 18.8. The van der Waals surface area contributed by atoms with Crippen molar-refractivity contribution in [1.82, 2.24) is 20.3 Å². The maximum absolute atomic E-state index is 14.0. The van der Waals surface area contributed by atoms with Gasteiger partial charge in [0.15, 0.2) is 5.82 Å². The van der Waals surface area contributed by atoms with Crippen molar-refractivity contribution < 1.29 is 13.9 Å². The molecule has 4 rings (SSSR count). The van der Waals surface area contributed by atoms with E-state index in [1.54, 1.807) is 18.2 Å². The first-order valence-corrected chi connectivity index (χ1v) is 14.1. The fourth-order valence-electron chi connectivity index (χ4n) is 5.08. The molecule has 1 atom stereocenters. The normalized spacial score (nSPS) is 15.8. The number of carbonyl (C=O) groups excluding carboxylic acids is 1. The number of rotatable bonds is 10. The summed E-state index contributed by atoms with van der Waals surface area (Å²) in [4.78, 5) is 36.7. The van der Waals surface area contributed by atoms with Gasteiger partial charge >= 0.3 is 5.69 Å². The van der Waals surface area contributed by atoms with E-state index >= 15 is 0 Å². The lowest BCUT2D eigenvalue weighted by Crippen LogP contribution is -2.42. The Morgan fingerprint density at radius 1 is 1.13 bits per heavy atom. The summed E-state index contributed by atoms with van der Waals surface area (Å²) in [5, 5.41) is 3.31. The molecule has 3 aromatic rings. The quantitative estimate of drug-likeness (QED) is 0.274. The molecule has 1 aliphatic carbocycles.